The molecule has 0 bridgehead atoms. The number of thiocarbonyl (C=S) groups is 1. The molecule has 0 fully saturated rings. The second-order valence-corrected chi connectivity index (χ2v) is 6.87. The number of nitrogens with zero attached hydrogens (tertiary/aromatic N) is 2. The average Bonchev–Trinajstić information content (AvgIpc) is 2.91. The van der Waals surface area contributed by atoms with Crippen molar-refractivity contribution in [3.63, 3.8) is 0 Å². The topological polar surface area (TPSA) is 41.9 Å². The largest absolute Gasteiger partial charge is 0.332 e. The summed E-state index contributed by atoms with van der Waals surface area (Å²) in [6, 6.07) is 14.7. The minimum Gasteiger partial charge on any atom is -0.332 e. The van der Waals surface area contributed by atoms with Gasteiger partial charge in [0.1, 0.15) is 5.82 Å². The van der Waals surface area contributed by atoms with Crippen LogP contribution in [0.15, 0.2) is 48.5 Å². The Labute approximate surface area is 164 Å². The first kappa shape index (κ1) is 19.0. The van der Waals surface area contributed by atoms with Crippen molar-refractivity contribution in [3.8, 4) is 0 Å². The van der Waals surface area contributed by atoms with Crippen LogP contribution >= 0.6 is 12.2 Å². The van der Waals surface area contributed by atoms with E-state index in [2.05, 4.69) is 34.8 Å². The number of aromatic nitrogens is 2. The summed E-state index contributed by atoms with van der Waals surface area (Å²) in [5.74, 6) is -0.238. The maximum Gasteiger partial charge on any atom is 0.175 e. The lowest BCUT2D eigenvalue weighted by molar-refractivity contribution is 0.622. The van der Waals surface area contributed by atoms with E-state index in [0.29, 0.717) is 11.7 Å². The van der Waals surface area contributed by atoms with Gasteiger partial charge in [0.15, 0.2) is 5.11 Å². The first-order chi connectivity index (χ1) is 13.0. The summed E-state index contributed by atoms with van der Waals surface area (Å²) in [7, 11) is 0. The van der Waals surface area contributed by atoms with E-state index >= 15 is 0 Å². The van der Waals surface area contributed by atoms with Crippen LogP contribution in [-0.2, 0) is 13.0 Å². The third-order valence-electron chi connectivity index (χ3n) is 4.49. The molecule has 0 amide bonds. The van der Waals surface area contributed by atoms with Crippen LogP contribution in [0.1, 0.15) is 29.4 Å². The maximum absolute atomic E-state index is 13.1. The van der Waals surface area contributed by atoms with Gasteiger partial charge in [0.05, 0.1) is 23.6 Å². The molecular weight excluding hydrogens is 359 g/mol. The zero-order valence-corrected chi connectivity index (χ0v) is 16.5. The summed E-state index contributed by atoms with van der Waals surface area (Å²) in [5, 5.41) is 11.6. The van der Waals surface area contributed by atoms with Crippen LogP contribution < -0.4 is 10.6 Å². The summed E-state index contributed by atoms with van der Waals surface area (Å²) in [6.45, 7) is 6.64. The van der Waals surface area contributed by atoms with E-state index in [1.54, 1.807) is 12.1 Å². The van der Waals surface area contributed by atoms with E-state index in [1.807, 2.05) is 30.7 Å². The molecule has 0 saturated carbocycles. The molecule has 0 aliphatic carbocycles. The fourth-order valence-corrected chi connectivity index (χ4v) is 3.11. The van der Waals surface area contributed by atoms with Gasteiger partial charge in [0.25, 0.3) is 0 Å². The van der Waals surface area contributed by atoms with E-state index in [4.69, 9.17) is 12.2 Å². The zero-order chi connectivity index (χ0) is 19.4. The maximum atomic E-state index is 13.1. The monoisotopic (exact) mass is 382 g/mol. The molecular formula is C21H23FN4S. The van der Waals surface area contributed by atoms with Gasteiger partial charge in [-0.1, -0.05) is 31.2 Å². The second kappa shape index (κ2) is 8.31. The molecule has 27 heavy (non-hydrogen) atoms. The molecule has 1 heterocycles. The molecule has 0 saturated heterocycles. The van der Waals surface area contributed by atoms with Crippen molar-refractivity contribution in [2.45, 2.75) is 33.7 Å². The van der Waals surface area contributed by atoms with Gasteiger partial charge in [0.2, 0.25) is 0 Å². The number of aryl methyl sites for hydroxylation is 2. The number of hydrogen-bond donors (Lipinski definition) is 2. The highest BCUT2D eigenvalue weighted by atomic mass is 32.1. The van der Waals surface area contributed by atoms with Gasteiger partial charge in [-0.2, -0.15) is 5.10 Å². The second-order valence-electron chi connectivity index (χ2n) is 6.46. The molecule has 0 spiro atoms. The highest BCUT2D eigenvalue weighted by Gasteiger charge is 2.13. The first-order valence-electron chi connectivity index (χ1n) is 8.91. The summed E-state index contributed by atoms with van der Waals surface area (Å²) in [6.07, 6.45) is 1.01. The molecule has 3 rings (SSSR count). The van der Waals surface area contributed by atoms with E-state index in [-0.39, 0.29) is 5.82 Å². The van der Waals surface area contributed by atoms with Crippen molar-refractivity contribution >= 4 is 28.7 Å². The molecule has 1 aromatic heterocycles. The molecule has 0 aliphatic rings. The number of anilines is 2. The minimum atomic E-state index is -0.238. The van der Waals surface area contributed by atoms with Gasteiger partial charge in [-0.3, -0.25) is 4.68 Å². The van der Waals surface area contributed by atoms with Gasteiger partial charge >= 0.3 is 0 Å². The predicted molar refractivity (Wildman–Crippen MR) is 113 cm³/mol. The van der Waals surface area contributed by atoms with Crippen LogP contribution in [0.25, 0.3) is 0 Å². The highest BCUT2D eigenvalue weighted by Crippen LogP contribution is 2.21. The Balaban J connectivity index is 1.69. The fourth-order valence-electron chi connectivity index (χ4n) is 2.89. The lowest BCUT2D eigenvalue weighted by atomic mass is 10.1. The Morgan fingerprint density at radius 3 is 2.26 bits per heavy atom. The number of halogens is 1. The van der Waals surface area contributed by atoms with Crippen molar-refractivity contribution in [3.05, 3.63) is 76.9 Å². The molecule has 0 radical (unpaired) electrons. The Hall–Kier alpha value is -2.73. The zero-order valence-electron chi connectivity index (χ0n) is 15.7. The average molecular weight is 383 g/mol. The molecule has 4 nitrogen and oxygen atoms in total. The van der Waals surface area contributed by atoms with Crippen LogP contribution in [-0.4, -0.2) is 14.9 Å². The van der Waals surface area contributed by atoms with Gasteiger partial charge < -0.3 is 10.6 Å². The lowest BCUT2D eigenvalue weighted by Gasteiger charge is -2.12. The predicted octanol–water partition coefficient (Wildman–Crippen LogP) is 5.06. The molecule has 2 aromatic carbocycles. The van der Waals surface area contributed by atoms with E-state index in [9.17, 15) is 4.39 Å². The van der Waals surface area contributed by atoms with Gasteiger partial charge in [-0.05, 0) is 67.9 Å². The molecule has 3 aromatic rings. The SMILES string of the molecule is CCc1ccc(NC(=S)Nc2c(C)nn(Cc3ccc(F)cc3)c2C)cc1. The van der Waals surface area contributed by atoms with Crippen LogP contribution in [0.2, 0.25) is 0 Å². The molecule has 6 heteroatoms. The minimum absolute atomic E-state index is 0.238. The van der Waals surface area contributed by atoms with Gasteiger partial charge in [-0.25, -0.2) is 4.39 Å². The van der Waals surface area contributed by atoms with E-state index < -0.39 is 0 Å². The molecule has 0 atom stereocenters. The van der Waals surface area contributed by atoms with Crippen molar-refractivity contribution in [1.29, 1.82) is 0 Å². The van der Waals surface area contributed by atoms with Crippen molar-refractivity contribution in [1.82, 2.24) is 9.78 Å². The Bertz CT molecular complexity index is 930. The van der Waals surface area contributed by atoms with Crippen molar-refractivity contribution in [2.24, 2.45) is 0 Å². The summed E-state index contributed by atoms with van der Waals surface area (Å²) < 4.78 is 15.0. The third-order valence-corrected chi connectivity index (χ3v) is 4.69. The smallest absolute Gasteiger partial charge is 0.175 e. The molecule has 140 valence electrons. The summed E-state index contributed by atoms with van der Waals surface area (Å²) in [4.78, 5) is 0. The van der Waals surface area contributed by atoms with Crippen molar-refractivity contribution < 1.29 is 4.39 Å². The first-order valence-corrected chi connectivity index (χ1v) is 9.32. The Morgan fingerprint density at radius 1 is 1.00 bits per heavy atom. The summed E-state index contributed by atoms with van der Waals surface area (Å²) >= 11 is 5.45. The normalized spacial score (nSPS) is 10.7. The fraction of sp³-hybridized carbons (Fsp3) is 0.238. The van der Waals surface area contributed by atoms with Crippen LogP contribution in [0.4, 0.5) is 15.8 Å². The van der Waals surface area contributed by atoms with E-state index in [0.717, 1.165) is 34.7 Å². The number of nitrogens with one attached hydrogen (secondary N) is 2. The van der Waals surface area contributed by atoms with Gasteiger partial charge in [0, 0.05) is 5.69 Å². The lowest BCUT2D eigenvalue weighted by Crippen LogP contribution is -2.20. The Kier molecular flexibility index (Phi) is 5.86. The number of hydrogen-bond acceptors (Lipinski definition) is 2. The standard InChI is InChI=1S/C21H23FN4S/c1-4-16-7-11-19(12-8-16)23-21(27)24-20-14(2)25-26(15(20)3)13-17-5-9-18(22)10-6-17/h5-12H,4,13H2,1-3H3,(H2,23,24,27). The highest BCUT2D eigenvalue weighted by molar-refractivity contribution is 7.80. The molecule has 0 aliphatic heterocycles. The summed E-state index contributed by atoms with van der Waals surface area (Å²) in [5.41, 5.74) is 5.94. The molecule has 0 unspecified atom stereocenters. The number of rotatable bonds is 5. The van der Waals surface area contributed by atoms with Crippen LogP contribution in [0, 0.1) is 19.7 Å². The van der Waals surface area contributed by atoms with Crippen LogP contribution in [0.5, 0.6) is 0 Å². The van der Waals surface area contributed by atoms with Crippen molar-refractivity contribution in [2.75, 3.05) is 10.6 Å². The third kappa shape index (κ3) is 4.71. The Morgan fingerprint density at radius 2 is 1.63 bits per heavy atom. The van der Waals surface area contributed by atoms with E-state index in [1.165, 1.54) is 17.7 Å². The number of benzene rings is 2. The van der Waals surface area contributed by atoms with Crippen LogP contribution in [0.3, 0.4) is 0 Å². The molecule has 2 N–H and O–H groups in total. The quantitative estimate of drug-likeness (QED) is 0.606. The van der Waals surface area contributed by atoms with Gasteiger partial charge in [-0.15, -0.1) is 0 Å².